The molecule has 0 saturated carbocycles. The van der Waals surface area contributed by atoms with Crippen molar-refractivity contribution >= 4 is 23.0 Å². The lowest BCUT2D eigenvalue weighted by atomic mass is 10.1. The van der Waals surface area contributed by atoms with Crippen molar-refractivity contribution in [3.8, 4) is 11.5 Å². The van der Waals surface area contributed by atoms with E-state index in [-0.39, 0.29) is 12.2 Å². The second-order valence-corrected chi connectivity index (χ2v) is 7.54. The van der Waals surface area contributed by atoms with Crippen molar-refractivity contribution in [2.45, 2.75) is 32.6 Å². The summed E-state index contributed by atoms with van der Waals surface area (Å²) in [6.07, 6.45) is 0.441. The summed E-state index contributed by atoms with van der Waals surface area (Å²) in [6.45, 7) is 7.76. The average molecular weight is 389 g/mol. The summed E-state index contributed by atoms with van der Waals surface area (Å²) in [5.74, 6) is 1.36. The van der Waals surface area contributed by atoms with E-state index in [1.54, 1.807) is 0 Å². The number of rotatable bonds is 4. The molecule has 2 aliphatic heterocycles. The van der Waals surface area contributed by atoms with E-state index in [1.165, 1.54) is 5.69 Å². The molecular weight excluding hydrogens is 364 g/mol. The van der Waals surface area contributed by atoms with E-state index >= 15 is 0 Å². The molecule has 1 N–H and O–H groups in total. The number of ether oxygens (including phenoxy) is 3. The van der Waals surface area contributed by atoms with Gasteiger partial charge in [0.15, 0.2) is 11.5 Å². The van der Waals surface area contributed by atoms with Gasteiger partial charge < -0.3 is 24.4 Å². The molecule has 0 aliphatic carbocycles. The number of para-hydroxylation sites is 2. The fourth-order valence-electron chi connectivity index (χ4n) is 3.74. The van der Waals surface area contributed by atoms with E-state index in [1.807, 2.05) is 12.1 Å². The predicted octanol–water partition coefficient (Wildman–Crippen LogP) is 4.34. The number of morpholine rings is 1. The maximum atomic E-state index is 6.36. The van der Waals surface area contributed by atoms with Gasteiger partial charge in [0.05, 0.1) is 28.6 Å². The van der Waals surface area contributed by atoms with E-state index in [4.69, 9.17) is 25.8 Å². The number of halogens is 1. The molecule has 0 radical (unpaired) electrons. The summed E-state index contributed by atoms with van der Waals surface area (Å²) < 4.78 is 17.1. The highest BCUT2D eigenvalue weighted by Crippen LogP contribution is 2.38. The van der Waals surface area contributed by atoms with Gasteiger partial charge in [0.2, 0.25) is 0 Å². The van der Waals surface area contributed by atoms with Gasteiger partial charge in [-0.05, 0) is 43.7 Å². The van der Waals surface area contributed by atoms with E-state index < -0.39 is 0 Å². The first kappa shape index (κ1) is 18.3. The molecule has 5 nitrogen and oxygen atoms in total. The van der Waals surface area contributed by atoms with Crippen LogP contribution in [0.1, 0.15) is 19.4 Å². The van der Waals surface area contributed by atoms with Crippen molar-refractivity contribution in [2.75, 3.05) is 36.5 Å². The molecule has 2 atom stereocenters. The van der Waals surface area contributed by atoms with Crippen molar-refractivity contribution in [1.82, 2.24) is 0 Å². The lowest BCUT2D eigenvalue weighted by Crippen LogP contribution is -2.45. The first-order valence-corrected chi connectivity index (χ1v) is 9.79. The average Bonchev–Trinajstić information content (AvgIpc) is 2.66. The molecule has 2 heterocycles. The van der Waals surface area contributed by atoms with Crippen LogP contribution >= 0.6 is 11.6 Å². The smallest absolute Gasteiger partial charge is 0.179 e. The molecule has 4 rings (SSSR count). The molecule has 2 aliphatic rings. The Morgan fingerprint density at radius 2 is 1.81 bits per heavy atom. The molecular formula is C21H25ClN2O3. The molecule has 1 fully saturated rings. The summed E-state index contributed by atoms with van der Waals surface area (Å²) in [7, 11) is 0. The van der Waals surface area contributed by atoms with Crippen LogP contribution in [0.5, 0.6) is 11.5 Å². The van der Waals surface area contributed by atoms with Gasteiger partial charge in [-0.3, -0.25) is 0 Å². The summed E-state index contributed by atoms with van der Waals surface area (Å²) in [5, 5.41) is 4.14. The van der Waals surface area contributed by atoms with Gasteiger partial charge in [0.25, 0.3) is 0 Å². The number of nitrogens with zero attached hydrogens (tertiary/aromatic N) is 1. The Bertz CT molecular complexity index is 804. The third-order valence-electron chi connectivity index (χ3n) is 4.80. The maximum absolute atomic E-state index is 6.36. The molecule has 0 amide bonds. The molecule has 0 spiro atoms. The second-order valence-electron chi connectivity index (χ2n) is 7.13. The Balaban J connectivity index is 1.51. The van der Waals surface area contributed by atoms with Gasteiger partial charge >= 0.3 is 0 Å². The highest BCUT2D eigenvalue weighted by atomic mass is 35.5. The van der Waals surface area contributed by atoms with Crippen molar-refractivity contribution in [2.24, 2.45) is 0 Å². The molecule has 2 aromatic rings. The highest BCUT2D eigenvalue weighted by Gasteiger charge is 2.24. The monoisotopic (exact) mass is 388 g/mol. The third-order valence-corrected chi connectivity index (χ3v) is 5.08. The zero-order valence-corrected chi connectivity index (χ0v) is 16.5. The van der Waals surface area contributed by atoms with Gasteiger partial charge in [0.1, 0.15) is 13.2 Å². The Hall–Kier alpha value is -2.11. The van der Waals surface area contributed by atoms with Crippen molar-refractivity contribution in [1.29, 1.82) is 0 Å². The van der Waals surface area contributed by atoms with Crippen molar-refractivity contribution < 1.29 is 14.2 Å². The van der Waals surface area contributed by atoms with E-state index in [0.717, 1.165) is 30.1 Å². The lowest BCUT2D eigenvalue weighted by Gasteiger charge is -2.37. The van der Waals surface area contributed by atoms with Gasteiger partial charge in [-0.15, -0.1) is 0 Å². The van der Waals surface area contributed by atoms with Crippen LogP contribution in [0.4, 0.5) is 11.4 Å². The van der Waals surface area contributed by atoms with Crippen LogP contribution in [0, 0.1) is 0 Å². The van der Waals surface area contributed by atoms with Gasteiger partial charge in [0, 0.05) is 19.6 Å². The van der Waals surface area contributed by atoms with Gasteiger partial charge in [-0.25, -0.2) is 0 Å². The molecule has 0 bridgehead atoms. The summed E-state index contributed by atoms with van der Waals surface area (Å²) >= 11 is 6.36. The molecule has 0 aromatic heterocycles. The normalized spacial score (nSPS) is 21.8. The van der Waals surface area contributed by atoms with Crippen molar-refractivity contribution in [3.63, 3.8) is 0 Å². The van der Waals surface area contributed by atoms with Crippen LogP contribution in [-0.4, -0.2) is 38.5 Å². The molecule has 1 saturated heterocycles. The zero-order chi connectivity index (χ0) is 18.8. The molecule has 2 aromatic carbocycles. The molecule has 144 valence electrons. The quantitative estimate of drug-likeness (QED) is 0.844. The largest absolute Gasteiger partial charge is 0.486 e. The number of hydrogen-bond acceptors (Lipinski definition) is 5. The van der Waals surface area contributed by atoms with Crippen LogP contribution in [0.25, 0.3) is 0 Å². The Morgan fingerprint density at radius 3 is 2.63 bits per heavy atom. The maximum Gasteiger partial charge on any atom is 0.179 e. The van der Waals surface area contributed by atoms with Crippen LogP contribution in [-0.2, 0) is 11.3 Å². The van der Waals surface area contributed by atoms with E-state index in [2.05, 4.69) is 48.3 Å². The first-order valence-electron chi connectivity index (χ1n) is 9.41. The summed E-state index contributed by atoms with van der Waals surface area (Å²) in [5.41, 5.74) is 3.36. The van der Waals surface area contributed by atoms with Crippen molar-refractivity contribution in [3.05, 3.63) is 47.0 Å². The zero-order valence-electron chi connectivity index (χ0n) is 15.7. The Kier molecular flexibility index (Phi) is 5.32. The SMILES string of the molecule is C[C@H]1CN(c2ccccc2NCc2cc(Cl)c3c(c2)OCCO3)C[C@H](C)O1. The third kappa shape index (κ3) is 4.09. The number of nitrogens with one attached hydrogen (secondary N) is 1. The molecule has 6 heteroatoms. The number of hydrogen-bond donors (Lipinski definition) is 1. The minimum absolute atomic E-state index is 0.221. The minimum atomic E-state index is 0.221. The second kappa shape index (κ2) is 7.87. The van der Waals surface area contributed by atoms with Crippen LogP contribution in [0.15, 0.2) is 36.4 Å². The van der Waals surface area contributed by atoms with E-state index in [9.17, 15) is 0 Å². The van der Waals surface area contributed by atoms with Crippen LogP contribution < -0.4 is 19.7 Å². The lowest BCUT2D eigenvalue weighted by molar-refractivity contribution is -0.00517. The predicted molar refractivity (Wildman–Crippen MR) is 108 cm³/mol. The highest BCUT2D eigenvalue weighted by molar-refractivity contribution is 6.32. The fraction of sp³-hybridized carbons (Fsp3) is 0.429. The van der Waals surface area contributed by atoms with Crippen LogP contribution in [0.2, 0.25) is 5.02 Å². The van der Waals surface area contributed by atoms with Crippen LogP contribution in [0.3, 0.4) is 0 Å². The summed E-state index contributed by atoms with van der Waals surface area (Å²) in [6, 6.07) is 12.3. The minimum Gasteiger partial charge on any atom is -0.486 e. The van der Waals surface area contributed by atoms with Gasteiger partial charge in [-0.2, -0.15) is 0 Å². The summed E-state index contributed by atoms with van der Waals surface area (Å²) in [4.78, 5) is 2.39. The first-order chi connectivity index (χ1) is 13.1. The number of benzene rings is 2. The molecule has 0 unspecified atom stereocenters. The molecule has 27 heavy (non-hydrogen) atoms. The number of fused-ring (bicyclic) bond motifs is 1. The van der Waals surface area contributed by atoms with E-state index in [0.29, 0.717) is 30.5 Å². The Labute approximate surface area is 165 Å². The fourth-order valence-corrected chi connectivity index (χ4v) is 4.02. The topological polar surface area (TPSA) is 43.0 Å². The number of anilines is 2. The standard InChI is InChI=1S/C21H25ClN2O3/c1-14-12-24(13-15(2)27-14)19-6-4-3-5-18(19)23-11-16-9-17(22)21-20(10-16)25-7-8-26-21/h3-6,9-10,14-15,23H,7-8,11-13H2,1-2H3/t14-,15-/m0/s1. The Morgan fingerprint density at radius 1 is 1.07 bits per heavy atom. The van der Waals surface area contributed by atoms with Gasteiger partial charge in [-0.1, -0.05) is 23.7 Å².